The highest BCUT2D eigenvalue weighted by Gasteiger charge is 2.36. The topological polar surface area (TPSA) is 29.5 Å². The smallest absolute Gasteiger partial charge is 0.137 e. The molecule has 59 heavy (non-hydrogen) atoms. The summed E-state index contributed by atoms with van der Waals surface area (Å²) in [6, 6.07) is 70.1. The number of furan rings is 2. The Morgan fingerprint density at radius 3 is 1.88 bits per heavy atom. The summed E-state index contributed by atoms with van der Waals surface area (Å²) in [5, 5.41) is 4.40. The van der Waals surface area contributed by atoms with E-state index in [0.29, 0.717) is 5.92 Å². The molecule has 2 aliphatic rings. The lowest BCUT2D eigenvalue weighted by molar-refractivity contribution is 0.668. The van der Waals surface area contributed by atoms with Crippen LogP contribution in [0.4, 0.5) is 17.1 Å². The molecule has 11 aromatic rings. The second kappa shape index (κ2) is 12.4. The molecule has 2 aliphatic carbocycles. The maximum absolute atomic E-state index is 6.85. The highest BCUT2D eigenvalue weighted by Crippen LogP contribution is 2.56. The third-order valence-electron chi connectivity index (χ3n) is 12.8. The third-order valence-corrected chi connectivity index (χ3v) is 12.8. The molecular formula is C56H35NO2. The van der Waals surface area contributed by atoms with E-state index in [1.807, 2.05) is 12.1 Å². The summed E-state index contributed by atoms with van der Waals surface area (Å²) in [4.78, 5) is 2.31. The number of benzene rings is 9. The van der Waals surface area contributed by atoms with Crippen molar-refractivity contribution in [2.75, 3.05) is 4.90 Å². The van der Waals surface area contributed by atoms with Gasteiger partial charge in [-0.15, -0.1) is 0 Å². The molecule has 276 valence electrons. The first-order chi connectivity index (χ1) is 29.2. The monoisotopic (exact) mass is 753 g/mol. The minimum Gasteiger partial charge on any atom is -0.456 e. The molecule has 0 aliphatic heterocycles. The van der Waals surface area contributed by atoms with Gasteiger partial charge in [0.05, 0.1) is 0 Å². The van der Waals surface area contributed by atoms with Crippen LogP contribution in [0.1, 0.15) is 22.6 Å². The molecule has 3 heteroatoms. The van der Waals surface area contributed by atoms with Gasteiger partial charge in [0.15, 0.2) is 0 Å². The van der Waals surface area contributed by atoms with Crippen molar-refractivity contribution in [2.45, 2.75) is 12.3 Å². The van der Waals surface area contributed by atoms with E-state index in [9.17, 15) is 0 Å². The number of nitrogens with zero attached hydrogens (tertiary/aromatic N) is 1. The molecule has 0 radical (unpaired) electrons. The highest BCUT2D eigenvalue weighted by molar-refractivity contribution is 6.09. The molecule has 1 atom stereocenters. The molecule has 0 N–H and O–H groups in total. The Kier molecular flexibility index (Phi) is 6.84. The number of fused-ring (bicyclic) bond motifs is 11. The maximum atomic E-state index is 6.85. The Bertz CT molecular complexity index is 3480. The minimum atomic E-state index is 0.366. The normalized spacial score (nSPS) is 13.9. The van der Waals surface area contributed by atoms with Gasteiger partial charge in [-0.05, 0) is 128 Å². The standard InChI is InChI=1S/C56H35NO2/c1-2-10-34(11-3-1)35-18-21-38(22-19-35)57(39-24-29-52-49(32-39)45-16-8-9-17-51(45)58-52)40-23-26-47-46-25-20-37(31-53(46)59-54(47)33-40)42-27-28-48-43-14-6-7-15-44(43)50-30-36-12-4-5-13-41(36)55(42)56(48)50/h1-29,31-33,50H,30H2. The zero-order valence-corrected chi connectivity index (χ0v) is 32.0. The van der Waals surface area contributed by atoms with Crippen molar-refractivity contribution in [1.29, 1.82) is 0 Å². The second-order valence-electron chi connectivity index (χ2n) is 16.0. The van der Waals surface area contributed by atoms with E-state index in [-0.39, 0.29) is 0 Å². The van der Waals surface area contributed by atoms with Crippen LogP contribution in [0.2, 0.25) is 0 Å². The largest absolute Gasteiger partial charge is 0.456 e. The van der Waals surface area contributed by atoms with Crippen LogP contribution in [0.3, 0.4) is 0 Å². The van der Waals surface area contributed by atoms with Crippen LogP contribution < -0.4 is 4.90 Å². The summed E-state index contributed by atoms with van der Waals surface area (Å²) in [5.41, 5.74) is 21.2. The van der Waals surface area contributed by atoms with Crippen molar-refractivity contribution in [3.05, 3.63) is 211 Å². The van der Waals surface area contributed by atoms with Crippen molar-refractivity contribution in [3.8, 4) is 44.5 Å². The van der Waals surface area contributed by atoms with E-state index in [0.717, 1.165) is 67.4 Å². The van der Waals surface area contributed by atoms with Crippen LogP contribution in [-0.4, -0.2) is 0 Å². The number of rotatable bonds is 5. The Morgan fingerprint density at radius 1 is 0.373 bits per heavy atom. The van der Waals surface area contributed by atoms with Gasteiger partial charge in [-0.25, -0.2) is 0 Å². The van der Waals surface area contributed by atoms with E-state index in [4.69, 9.17) is 8.83 Å². The lowest BCUT2D eigenvalue weighted by Gasteiger charge is -2.28. The van der Waals surface area contributed by atoms with Crippen molar-refractivity contribution >= 4 is 60.9 Å². The van der Waals surface area contributed by atoms with E-state index >= 15 is 0 Å². The highest BCUT2D eigenvalue weighted by atomic mass is 16.3. The number of hydrogen-bond acceptors (Lipinski definition) is 3. The summed E-state index contributed by atoms with van der Waals surface area (Å²) in [7, 11) is 0. The maximum Gasteiger partial charge on any atom is 0.137 e. The summed E-state index contributed by atoms with van der Waals surface area (Å²) in [6.45, 7) is 0. The van der Waals surface area contributed by atoms with Crippen molar-refractivity contribution in [2.24, 2.45) is 0 Å². The second-order valence-corrected chi connectivity index (χ2v) is 16.0. The van der Waals surface area contributed by atoms with E-state index in [1.54, 1.807) is 0 Å². The van der Waals surface area contributed by atoms with Gasteiger partial charge in [-0.3, -0.25) is 0 Å². The third kappa shape index (κ3) is 4.88. The fraction of sp³-hybridized carbons (Fsp3) is 0.0357. The zero-order chi connectivity index (χ0) is 38.6. The van der Waals surface area contributed by atoms with Gasteiger partial charge < -0.3 is 13.7 Å². The molecule has 2 heterocycles. The molecule has 0 amide bonds. The first kappa shape index (κ1) is 32.5. The molecule has 1 unspecified atom stereocenters. The molecule has 13 rings (SSSR count). The van der Waals surface area contributed by atoms with Crippen LogP contribution in [0, 0.1) is 0 Å². The molecule has 2 aromatic heterocycles. The van der Waals surface area contributed by atoms with Crippen molar-refractivity contribution in [3.63, 3.8) is 0 Å². The molecule has 0 spiro atoms. The molecule has 0 bridgehead atoms. The SMILES string of the molecule is c1ccc(-c2ccc(N(c3ccc4c(c3)oc3cc(-c5ccc6c7c5-c5ccccc5CC7c5ccccc5-6)ccc34)c3ccc4oc5ccccc5c4c3)cc2)cc1. The minimum absolute atomic E-state index is 0.366. The Labute approximate surface area is 341 Å². The van der Waals surface area contributed by atoms with Crippen LogP contribution >= 0.6 is 0 Å². The fourth-order valence-electron chi connectivity index (χ4n) is 10.1. The molecule has 9 aromatic carbocycles. The van der Waals surface area contributed by atoms with Gasteiger partial charge in [-0.2, -0.15) is 0 Å². The van der Waals surface area contributed by atoms with Gasteiger partial charge in [0.2, 0.25) is 0 Å². The van der Waals surface area contributed by atoms with Gasteiger partial charge in [0.1, 0.15) is 22.3 Å². The van der Waals surface area contributed by atoms with Crippen molar-refractivity contribution in [1.82, 2.24) is 0 Å². The molecule has 0 saturated heterocycles. The average Bonchev–Trinajstić information content (AvgIpc) is 3.96. The number of para-hydroxylation sites is 1. The predicted octanol–water partition coefficient (Wildman–Crippen LogP) is 15.6. The predicted molar refractivity (Wildman–Crippen MR) is 243 cm³/mol. The van der Waals surface area contributed by atoms with Gasteiger partial charge in [0, 0.05) is 50.6 Å². The van der Waals surface area contributed by atoms with E-state index in [1.165, 1.54) is 61.2 Å². The van der Waals surface area contributed by atoms with Gasteiger partial charge in [-0.1, -0.05) is 127 Å². The number of hydrogen-bond donors (Lipinski definition) is 0. The average molecular weight is 754 g/mol. The molecule has 0 saturated carbocycles. The quantitative estimate of drug-likeness (QED) is 0.175. The van der Waals surface area contributed by atoms with E-state index in [2.05, 4.69) is 187 Å². The summed E-state index contributed by atoms with van der Waals surface area (Å²) in [6.07, 6.45) is 1.03. The van der Waals surface area contributed by atoms with E-state index < -0.39 is 0 Å². The first-order valence-corrected chi connectivity index (χ1v) is 20.4. The van der Waals surface area contributed by atoms with Gasteiger partial charge in [0.25, 0.3) is 0 Å². The molecule has 0 fully saturated rings. The van der Waals surface area contributed by atoms with Crippen LogP contribution in [-0.2, 0) is 6.42 Å². The first-order valence-electron chi connectivity index (χ1n) is 20.4. The van der Waals surface area contributed by atoms with Crippen LogP contribution in [0.15, 0.2) is 203 Å². The lowest BCUT2D eigenvalue weighted by atomic mass is 9.75. The lowest BCUT2D eigenvalue weighted by Crippen LogP contribution is -2.10. The Morgan fingerprint density at radius 2 is 0.983 bits per heavy atom. The summed E-state index contributed by atoms with van der Waals surface area (Å²) < 4.78 is 13.1. The Balaban J connectivity index is 0.950. The van der Waals surface area contributed by atoms with Gasteiger partial charge >= 0.3 is 0 Å². The number of anilines is 3. The summed E-state index contributed by atoms with van der Waals surface area (Å²) >= 11 is 0. The molecule has 3 nitrogen and oxygen atoms in total. The van der Waals surface area contributed by atoms with Crippen LogP contribution in [0.5, 0.6) is 0 Å². The zero-order valence-electron chi connectivity index (χ0n) is 32.0. The van der Waals surface area contributed by atoms with Crippen LogP contribution in [0.25, 0.3) is 88.4 Å². The van der Waals surface area contributed by atoms with Crippen molar-refractivity contribution < 1.29 is 8.83 Å². The Hall–Kier alpha value is -7.62. The molecular weight excluding hydrogens is 719 g/mol. The fourth-order valence-corrected chi connectivity index (χ4v) is 10.1. The summed E-state index contributed by atoms with van der Waals surface area (Å²) in [5.74, 6) is 0.366.